The molecule has 16 N–H and O–H groups in total. The normalized spacial score (nSPS) is 24.3. The Kier molecular flexibility index (Phi) is 23.0. The maximum atomic E-state index is 14.5. The molecule has 0 spiro atoms. The van der Waals surface area contributed by atoms with Crippen LogP contribution in [0.1, 0.15) is 78.2 Å². The Bertz CT molecular complexity index is 2050. The standard InChI is InChI=1S/C43H66N12O12S2/c1-5-22(4)35-42(66)49-26(12-13-32(45)57)38(62)51-29(17-33(46)58)39(63)53-30(20-69-68-19-25(44)36(60)50-28(40(64)54-35)16-23-8-10-24(56)11-9-23)43(67)55-14-6-7-31(55)41(65)52-27(15-21(2)3)37(61)48-18-34(47)59/h8-11,21-22,25-31,35,56H,5-7,12-20,44H2,1-4H3,(H2,45,57)(H2,46,58)(H2,47,59)(H,48,61)(H,49,66)(H,50,60)(H,51,62)(H,52,65)(H,53,63)(H,54,64)/t22-,25-,26?,27?,28?,29?,30?,31?,35?/m0/s1. The summed E-state index contributed by atoms with van der Waals surface area (Å²) in [6, 6.07) is -5.05. The van der Waals surface area contributed by atoms with Crippen molar-refractivity contribution in [3.63, 3.8) is 0 Å². The van der Waals surface area contributed by atoms with Gasteiger partial charge in [0.25, 0.3) is 0 Å². The monoisotopic (exact) mass is 1010 g/mol. The smallest absolute Gasteiger partial charge is 0.246 e. The van der Waals surface area contributed by atoms with Gasteiger partial charge in [0.2, 0.25) is 65.0 Å². The predicted molar refractivity (Wildman–Crippen MR) is 254 cm³/mol. The van der Waals surface area contributed by atoms with Crippen molar-refractivity contribution in [1.29, 1.82) is 0 Å². The van der Waals surface area contributed by atoms with E-state index >= 15 is 0 Å². The maximum absolute atomic E-state index is 14.5. The van der Waals surface area contributed by atoms with E-state index in [-0.39, 0.29) is 49.0 Å². The van der Waals surface area contributed by atoms with Crippen LogP contribution in [0.2, 0.25) is 0 Å². The summed E-state index contributed by atoms with van der Waals surface area (Å²) in [7, 11) is 2.05. The molecule has 2 aliphatic heterocycles. The molecule has 0 aliphatic carbocycles. The minimum absolute atomic E-state index is 0.0468. The van der Waals surface area contributed by atoms with Crippen LogP contribution in [0.25, 0.3) is 0 Å². The number of rotatable bonds is 17. The van der Waals surface area contributed by atoms with Crippen LogP contribution in [-0.2, 0) is 59.2 Å². The van der Waals surface area contributed by atoms with E-state index in [0.717, 1.165) is 21.6 Å². The van der Waals surface area contributed by atoms with Crippen LogP contribution in [0.4, 0.5) is 0 Å². The molecular weight excluding hydrogens is 941 g/mol. The van der Waals surface area contributed by atoms with E-state index in [0.29, 0.717) is 18.4 Å². The van der Waals surface area contributed by atoms with Crippen LogP contribution < -0.4 is 60.2 Å². The zero-order chi connectivity index (χ0) is 51.5. The molecule has 11 amide bonds. The number of amides is 11. The van der Waals surface area contributed by atoms with Gasteiger partial charge >= 0.3 is 0 Å². The average molecular weight is 1010 g/mol. The van der Waals surface area contributed by atoms with Crippen LogP contribution >= 0.6 is 21.6 Å². The Hall–Kier alpha value is -6.15. The summed E-state index contributed by atoms with van der Waals surface area (Å²) in [5.74, 6) is -10.4. The van der Waals surface area contributed by atoms with Crippen molar-refractivity contribution in [2.75, 3.05) is 24.6 Å². The van der Waals surface area contributed by atoms with E-state index in [9.17, 15) is 57.8 Å². The highest BCUT2D eigenvalue weighted by Gasteiger charge is 2.41. The van der Waals surface area contributed by atoms with Crippen LogP contribution in [0, 0.1) is 11.8 Å². The molecule has 2 heterocycles. The number of phenolic OH excluding ortho intramolecular Hbond substituents is 1. The van der Waals surface area contributed by atoms with Gasteiger partial charge in [-0.15, -0.1) is 0 Å². The SMILES string of the molecule is CC[C@H](C)C1NC(=O)C(Cc2ccc(O)cc2)NC(=O)[C@@H](N)CSSCC(C(=O)N2CCCC2C(=O)NC(CC(C)C)C(=O)NCC(N)=O)NC(=O)C(CC(N)=O)NC(=O)C(CCC(N)=O)NC1=O. The lowest BCUT2D eigenvalue weighted by Gasteiger charge is -2.31. The minimum Gasteiger partial charge on any atom is -0.508 e. The van der Waals surface area contributed by atoms with Gasteiger partial charge in [0, 0.05) is 30.9 Å². The molecule has 0 saturated carbocycles. The third kappa shape index (κ3) is 18.7. The maximum Gasteiger partial charge on any atom is 0.246 e. The number of nitrogens with zero attached hydrogens (tertiary/aromatic N) is 1. The molecule has 1 aromatic carbocycles. The first kappa shape index (κ1) is 57.2. The van der Waals surface area contributed by atoms with Crippen molar-refractivity contribution in [3.05, 3.63) is 29.8 Å². The van der Waals surface area contributed by atoms with E-state index in [1.807, 2.05) is 13.8 Å². The fourth-order valence-corrected chi connectivity index (χ4v) is 9.62. The highest BCUT2D eigenvalue weighted by molar-refractivity contribution is 8.76. The summed E-state index contributed by atoms with van der Waals surface area (Å²) < 4.78 is 0. The van der Waals surface area contributed by atoms with Crippen molar-refractivity contribution in [1.82, 2.24) is 42.1 Å². The number of carbonyl (C=O) groups is 11. The molecule has 24 nitrogen and oxygen atoms in total. The number of hydrogen-bond donors (Lipinski definition) is 12. The highest BCUT2D eigenvalue weighted by Crippen LogP contribution is 2.26. The van der Waals surface area contributed by atoms with Crippen molar-refractivity contribution >= 4 is 86.6 Å². The molecule has 26 heteroatoms. The summed E-state index contributed by atoms with van der Waals surface area (Å²) >= 11 is 0. The van der Waals surface area contributed by atoms with Crippen LogP contribution in [0.3, 0.4) is 0 Å². The Labute approximate surface area is 407 Å². The Balaban J connectivity index is 2.05. The van der Waals surface area contributed by atoms with Crippen molar-refractivity contribution < 1.29 is 57.8 Å². The van der Waals surface area contributed by atoms with Gasteiger partial charge in [-0.1, -0.05) is 67.8 Å². The van der Waals surface area contributed by atoms with Gasteiger partial charge in [0.15, 0.2) is 0 Å². The molecule has 382 valence electrons. The van der Waals surface area contributed by atoms with Crippen LogP contribution in [-0.4, -0.2) is 148 Å². The zero-order valence-corrected chi connectivity index (χ0v) is 40.7. The number of phenols is 1. The zero-order valence-electron chi connectivity index (χ0n) is 39.1. The average Bonchev–Trinajstić information content (AvgIpc) is 3.78. The van der Waals surface area contributed by atoms with E-state index in [2.05, 4.69) is 37.2 Å². The molecule has 2 saturated heterocycles. The number of carbonyl (C=O) groups excluding carboxylic acids is 11. The molecule has 2 fully saturated rings. The van der Waals surface area contributed by atoms with Crippen molar-refractivity contribution in [2.45, 2.75) is 127 Å². The number of hydrogen-bond acceptors (Lipinski definition) is 15. The van der Waals surface area contributed by atoms with Gasteiger partial charge in [-0.2, -0.15) is 0 Å². The summed E-state index contributed by atoms with van der Waals surface area (Å²) in [6.07, 6.45) is -0.694. The molecule has 3 rings (SSSR count). The Morgan fingerprint density at radius 1 is 0.783 bits per heavy atom. The largest absolute Gasteiger partial charge is 0.508 e. The fraction of sp³-hybridized carbons (Fsp3) is 0.605. The minimum atomic E-state index is -1.75. The van der Waals surface area contributed by atoms with Crippen molar-refractivity contribution in [2.24, 2.45) is 34.8 Å². The number of nitrogens with two attached hydrogens (primary N) is 4. The summed E-state index contributed by atoms with van der Waals surface area (Å²) in [5, 5.41) is 27.7. The summed E-state index contributed by atoms with van der Waals surface area (Å²) in [4.78, 5) is 148. The molecule has 9 atom stereocenters. The van der Waals surface area contributed by atoms with Crippen LogP contribution in [0.15, 0.2) is 24.3 Å². The topological polar surface area (TPSA) is 400 Å². The number of nitrogens with one attached hydrogen (secondary N) is 7. The van der Waals surface area contributed by atoms with Gasteiger partial charge in [0.1, 0.15) is 48.0 Å². The van der Waals surface area contributed by atoms with Gasteiger partial charge < -0.3 is 70.2 Å². The lowest BCUT2D eigenvalue weighted by atomic mass is 9.96. The van der Waals surface area contributed by atoms with E-state index < -0.39 is 145 Å². The quantitative estimate of drug-likeness (QED) is 0.0671. The molecule has 69 heavy (non-hydrogen) atoms. The number of primary amides is 3. The van der Waals surface area contributed by atoms with Crippen LogP contribution in [0.5, 0.6) is 5.75 Å². The van der Waals surface area contributed by atoms with Gasteiger partial charge in [0.05, 0.1) is 19.0 Å². The summed E-state index contributed by atoms with van der Waals surface area (Å²) in [6.45, 7) is 6.60. The molecule has 0 bridgehead atoms. The van der Waals surface area contributed by atoms with E-state index in [1.165, 1.54) is 29.2 Å². The number of benzene rings is 1. The lowest BCUT2D eigenvalue weighted by Crippen LogP contribution is -2.61. The van der Waals surface area contributed by atoms with Gasteiger partial charge in [-0.05, 0) is 55.2 Å². The second kappa shape index (κ2) is 27.7. The first-order valence-electron chi connectivity index (χ1n) is 22.5. The van der Waals surface area contributed by atoms with Gasteiger partial charge in [-0.3, -0.25) is 52.7 Å². The van der Waals surface area contributed by atoms with E-state index in [1.54, 1.807) is 13.8 Å². The lowest BCUT2D eigenvalue weighted by molar-refractivity contribution is -0.142. The number of likely N-dealkylation sites (tertiary alicyclic amines) is 1. The molecule has 2 aliphatic rings. The fourth-order valence-electron chi connectivity index (χ4n) is 7.34. The first-order chi connectivity index (χ1) is 32.5. The van der Waals surface area contributed by atoms with Gasteiger partial charge in [-0.25, -0.2) is 0 Å². The highest BCUT2D eigenvalue weighted by atomic mass is 33.1. The molecule has 1 aromatic rings. The molecule has 0 aromatic heterocycles. The molecule has 7 unspecified atom stereocenters. The predicted octanol–water partition coefficient (Wildman–Crippen LogP) is -3.61. The third-order valence-electron chi connectivity index (χ3n) is 11.3. The molecular formula is C43H66N12O12S2. The number of aromatic hydroxyl groups is 1. The molecule has 0 radical (unpaired) electrons. The van der Waals surface area contributed by atoms with Crippen molar-refractivity contribution in [3.8, 4) is 5.75 Å². The Morgan fingerprint density at radius 3 is 2.00 bits per heavy atom. The summed E-state index contributed by atoms with van der Waals surface area (Å²) in [5.41, 5.74) is 22.9. The third-order valence-corrected chi connectivity index (χ3v) is 13.7. The second-order valence-electron chi connectivity index (χ2n) is 17.4. The Morgan fingerprint density at radius 2 is 1.39 bits per heavy atom. The first-order valence-corrected chi connectivity index (χ1v) is 25.0. The second-order valence-corrected chi connectivity index (χ2v) is 20.0. The van der Waals surface area contributed by atoms with E-state index in [4.69, 9.17) is 22.9 Å².